The van der Waals surface area contributed by atoms with E-state index in [2.05, 4.69) is 16.0 Å². The number of amides is 2. The molecule has 2 amide bonds. The quantitative estimate of drug-likeness (QED) is 0.752. The summed E-state index contributed by atoms with van der Waals surface area (Å²) >= 11 is 6.01. The highest BCUT2D eigenvalue weighted by Crippen LogP contribution is 2.22. The van der Waals surface area contributed by atoms with Crippen LogP contribution in [0.25, 0.3) is 0 Å². The fraction of sp³-hybridized carbons (Fsp3) is 0.500. The number of rotatable bonds is 6. The van der Waals surface area contributed by atoms with Crippen LogP contribution in [0, 0.1) is 6.92 Å². The van der Waals surface area contributed by atoms with E-state index in [9.17, 15) is 9.59 Å². The summed E-state index contributed by atoms with van der Waals surface area (Å²) in [6, 6.07) is 5.66. The van der Waals surface area contributed by atoms with Crippen molar-refractivity contribution in [2.75, 3.05) is 18.4 Å². The Hall–Kier alpha value is -1.59. The highest BCUT2D eigenvalue weighted by molar-refractivity contribution is 6.31. The smallest absolute Gasteiger partial charge is 0.226 e. The Balaban J connectivity index is 1.69. The molecule has 1 atom stereocenters. The topological polar surface area (TPSA) is 70.2 Å². The van der Waals surface area contributed by atoms with E-state index in [0.717, 1.165) is 24.9 Å². The second-order valence-corrected chi connectivity index (χ2v) is 5.97. The van der Waals surface area contributed by atoms with Crippen LogP contribution in [0.15, 0.2) is 18.2 Å². The molecule has 1 aromatic rings. The van der Waals surface area contributed by atoms with Crippen LogP contribution in [-0.4, -0.2) is 30.9 Å². The molecule has 1 saturated heterocycles. The van der Waals surface area contributed by atoms with Crippen molar-refractivity contribution in [1.82, 2.24) is 10.6 Å². The van der Waals surface area contributed by atoms with Gasteiger partial charge in [-0.3, -0.25) is 9.59 Å². The van der Waals surface area contributed by atoms with Crippen LogP contribution in [0.2, 0.25) is 5.02 Å². The van der Waals surface area contributed by atoms with Gasteiger partial charge in [0, 0.05) is 36.1 Å². The number of hydrogen-bond donors (Lipinski definition) is 3. The summed E-state index contributed by atoms with van der Waals surface area (Å²) in [5.74, 6) is -0.143. The summed E-state index contributed by atoms with van der Waals surface area (Å²) < 4.78 is 0. The van der Waals surface area contributed by atoms with Gasteiger partial charge in [-0.25, -0.2) is 0 Å². The summed E-state index contributed by atoms with van der Waals surface area (Å²) in [4.78, 5) is 23.6. The zero-order chi connectivity index (χ0) is 15.9. The number of halogens is 1. The Morgan fingerprint density at radius 3 is 2.91 bits per heavy atom. The van der Waals surface area contributed by atoms with Crippen LogP contribution in [0.5, 0.6) is 0 Å². The molecule has 0 bridgehead atoms. The van der Waals surface area contributed by atoms with E-state index >= 15 is 0 Å². The molecular weight excluding hydrogens is 302 g/mol. The number of carbonyl (C=O) groups excluding carboxylic acids is 2. The molecule has 1 aliphatic rings. The third-order valence-electron chi connectivity index (χ3n) is 3.81. The minimum atomic E-state index is -0.135. The Bertz CT molecular complexity index is 542. The number of carbonyl (C=O) groups is 2. The highest BCUT2D eigenvalue weighted by atomic mass is 35.5. The fourth-order valence-electron chi connectivity index (χ4n) is 2.50. The second-order valence-electron chi connectivity index (χ2n) is 5.56. The molecule has 5 nitrogen and oxygen atoms in total. The summed E-state index contributed by atoms with van der Waals surface area (Å²) in [5.41, 5.74) is 1.55. The van der Waals surface area contributed by atoms with Crippen molar-refractivity contribution >= 4 is 29.1 Å². The molecule has 22 heavy (non-hydrogen) atoms. The normalized spacial score (nSPS) is 17.3. The number of nitrogens with one attached hydrogen (secondary N) is 3. The van der Waals surface area contributed by atoms with E-state index in [4.69, 9.17) is 11.6 Å². The average Bonchev–Trinajstić information content (AvgIpc) is 2.96. The standard InChI is InChI=1S/C16H22ClN3O2/c1-11-13(17)5-2-6-14(11)20-15(21)7-9-19-16(22)10-12-4-3-8-18-12/h2,5-6,12,18H,3-4,7-10H2,1H3,(H,19,22)(H,20,21). The molecule has 0 saturated carbocycles. The molecule has 0 aliphatic carbocycles. The predicted octanol–water partition coefficient (Wildman–Crippen LogP) is 2.24. The maximum absolute atomic E-state index is 11.9. The fourth-order valence-corrected chi connectivity index (χ4v) is 2.67. The van der Waals surface area contributed by atoms with Crippen molar-refractivity contribution < 1.29 is 9.59 Å². The van der Waals surface area contributed by atoms with Gasteiger partial charge in [0.05, 0.1) is 0 Å². The molecule has 3 N–H and O–H groups in total. The summed E-state index contributed by atoms with van der Waals surface area (Å²) in [6.07, 6.45) is 2.89. The van der Waals surface area contributed by atoms with Gasteiger partial charge in [-0.05, 0) is 44.0 Å². The first kappa shape index (κ1) is 16.8. The SMILES string of the molecule is Cc1c(Cl)cccc1NC(=O)CCNC(=O)CC1CCCN1. The molecule has 1 aromatic carbocycles. The molecule has 120 valence electrons. The largest absolute Gasteiger partial charge is 0.356 e. The Morgan fingerprint density at radius 1 is 1.36 bits per heavy atom. The zero-order valence-corrected chi connectivity index (χ0v) is 13.5. The Morgan fingerprint density at radius 2 is 2.18 bits per heavy atom. The molecule has 1 unspecified atom stereocenters. The number of anilines is 1. The highest BCUT2D eigenvalue weighted by Gasteiger charge is 2.17. The van der Waals surface area contributed by atoms with Crippen LogP contribution in [-0.2, 0) is 9.59 Å². The van der Waals surface area contributed by atoms with Crippen LogP contribution in [0.4, 0.5) is 5.69 Å². The first-order valence-electron chi connectivity index (χ1n) is 7.61. The van der Waals surface area contributed by atoms with Crippen LogP contribution in [0.3, 0.4) is 0 Å². The second kappa shape index (κ2) is 8.15. The van der Waals surface area contributed by atoms with E-state index in [1.54, 1.807) is 12.1 Å². The van der Waals surface area contributed by atoms with Gasteiger partial charge >= 0.3 is 0 Å². The van der Waals surface area contributed by atoms with Gasteiger partial charge in [0.1, 0.15) is 0 Å². The van der Waals surface area contributed by atoms with Gasteiger partial charge < -0.3 is 16.0 Å². The molecule has 1 fully saturated rings. The number of hydrogen-bond acceptors (Lipinski definition) is 3. The Labute approximate surface area is 135 Å². The third kappa shape index (κ3) is 5.00. The van der Waals surface area contributed by atoms with Crippen LogP contribution >= 0.6 is 11.6 Å². The first-order valence-corrected chi connectivity index (χ1v) is 7.99. The van der Waals surface area contributed by atoms with Gasteiger partial charge in [-0.15, -0.1) is 0 Å². The first-order chi connectivity index (χ1) is 10.6. The lowest BCUT2D eigenvalue weighted by Crippen LogP contribution is -2.33. The van der Waals surface area contributed by atoms with Crippen molar-refractivity contribution in [3.05, 3.63) is 28.8 Å². The summed E-state index contributed by atoms with van der Waals surface area (Å²) in [5, 5.41) is 9.50. The van der Waals surface area contributed by atoms with Gasteiger partial charge in [-0.2, -0.15) is 0 Å². The zero-order valence-electron chi connectivity index (χ0n) is 12.7. The van der Waals surface area contributed by atoms with Crippen LogP contribution in [0.1, 0.15) is 31.2 Å². The maximum Gasteiger partial charge on any atom is 0.226 e. The predicted molar refractivity (Wildman–Crippen MR) is 88.1 cm³/mol. The molecule has 0 spiro atoms. The van der Waals surface area contributed by atoms with Gasteiger partial charge in [0.25, 0.3) is 0 Å². The van der Waals surface area contributed by atoms with E-state index in [1.165, 1.54) is 0 Å². The van der Waals surface area contributed by atoms with Gasteiger partial charge in [0.15, 0.2) is 0 Å². The van der Waals surface area contributed by atoms with Crippen molar-refractivity contribution in [3.63, 3.8) is 0 Å². The van der Waals surface area contributed by atoms with Crippen molar-refractivity contribution in [2.24, 2.45) is 0 Å². The summed E-state index contributed by atoms with van der Waals surface area (Å²) in [7, 11) is 0. The minimum absolute atomic E-state index is 0.00821. The molecule has 1 aliphatic heterocycles. The molecule has 0 aromatic heterocycles. The van der Waals surface area contributed by atoms with E-state index < -0.39 is 0 Å². The van der Waals surface area contributed by atoms with Crippen molar-refractivity contribution in [2.45, 2.75) is 38.6 Å². The Kier molecular flexibility index (Phi) is 6.21. The minimum Gasteiger partial charge on any atom is -0.356 e. The van der Waals surface area contributed by atoms with E-state index in [1.807, 2.05) is 13.0 Å². The molecule has 2 rings (SSSR count). The third-order valence-corrected chi connectivity index (χ3v) is 4.22. The monoisotopic (exact) mass is 323 g/mol. The molecule has 0 radical (unpaired) electrons. The summed E-state index contributed by atoms with van der Waals surface area (Å²) in [6.45, 7) is 3.19. The molecular formula is C16H22ClN3O2. The lowest BCUT2D eigenvalue weighted by molar-refractivity contribution is -0.121. The van der Waals surface area contributed by atoms with Crippen LogP contribution < -0.4 is 16.0 Å². The number of benzene rings is 1. The lowest BCUT2D eigenvalue weighted by Gasteiger charge is -2.11. The molecule has 1 heterocycles. The van der Waals surface area contributed by atoms with E-state index in [-0.39, 0.29) is 24.3 Å². The van der Waals surface area contributed by atoms with Crippen molar-refractivity contribution in [1.29, 1.82) is 0 Å². The van der Waals surface area contributed by atoms with Gasteiger partial charge in [0.2, 0.25) is 11.8 Å². The lowest BCUT2D eigenvalue weighted by atomic mass is 10.1. The van der Waals surface area contributed by atoms with Crippen molar-refractivity contribution in [3.8, 4) is 0 Å². The molecule has 6 heteroatoms. The van der Waals surface area contributed by atoms with Gasteiger partial charge in [-0.1, -0.05) is 17.7 Å². The van der Waals surface area contributed by atoms with E-state index in [0.29, 0.717) is 23.7 Å². The maximum atomic E-state index is 11.9. The average molecular weight is 324 g/mol.